The van der Waals surface area contributed by atoms with E-state index in [4.69, 9.17) is 40.1 Å². The van der Waals surface area contributed by atoms with Gasteiger partial charge in [0.15, 0.2) is 15.8 Å². The van der Waals surface area contributed by atoms with Crippen LogP contribution in [-0.4, -0.2) is 217 Å². The molecule has 33 nitrogen and oxygen atoms in total. The molecule has 2 aliphatic rings. The van der Waals surface area contributed by atoms with Gasteiger partial charge in [0.05, 0.1) is 17.3 Å². The average Bonchev–Trinajstić information content (AvgIpc) is 1.59. The third kappa shape index (κ3) is 26.9. The van der Waals surface area contributed by atoms with Crippen LogP contribution in [0.3, 0.4) is 0 Å². The Hall–Kier alpha value is -8.18. The van der Waals surface area contributed by atoms with Crippen molar-refractivity contribution in [3.05, 3.63) is 35.9 Å². The lowest BCUT2D eigenvalue weighted by atomic mass is 9.99. The van der Waals surface area contributed by atoms with Gasteiger partial charge in [0, 0.05) is 45.2 Å². The number of hydrogen-bond donors (Lipinski definition) is 15. The maximum atomic E-state index is 14.7. The Kier molecular flexibility index (Phi) is 33.8. The van der Waals surface area contributed by atoms with E-state index < -0.39 is 184 Å². The molecule has 0 aliphatic carbocycles. The SMILES string of the molecule is CSCC[C@H](NC(=O)[C@H](CC(C)C)NC(=O)CNC(=O)[C@@H](NC(=O)[C@H](Cc1ccccc1)NC(=O)[C@H](CCC(N)=O)NC(=O)[C@H](CCC(N)=O)NC(=O)[C@H]1CCCN1C(=O)[C@H](CCCCN)NC(=O)[C@@H]1CCCN1C(=O)[C@@H](N)CCCN=C(N)N)C(C)(C)S(C)(=O)=O)C(N)=O. The second kappa shape index (κ2) is 39.6. The number of primary amides is 3. The number of aliphatic imine (C=N–C) groups is 1. The summed E-state index contributed by atoms with van der Waals surface area (Å²) >= 11 is 1.42. The summed E-state index contributed by atoms with van der Waals surface area (Å²) in [5.74, 6) is -11.2. The molecular formula is C60H100N18O15S2. The van der Waals surface area contributed by atoms with Gasteiger partial charge in [0.25, 0.3) is 0 Å². The fourth-order valence-corrected chi connectivity index (χ4v) is 11.8. The highest BCUT2D eigenvalue weighted by Crippen LogP contribution is 2.25. The molecule has 0 saturated carbocycles. The van der Waals surface area contributed by atoms with Gasteiger partial charge in [-0.15, -0.1) is 0 Å². The molecule has 10 atom stereocenters. The van der Waals surface area contributed by atoms with Crippen molar-refractivity contribution in [1.29, 1.82) is 0 Å². The van der Waals surface area contributed by atoms with Crippen LogP contribution in [0.2, 0.25) is 0 Å². The summed E-state index contributed by atoms with van der Waals surface area (Å²) in [6.45, 7) is 5.77. The van der Waals surface area contributed by atoms with E-state index in [0.29, 0.717) is 43.4 Å². The molecule has 2 aliphatic heterocycles. The highest BCUT2D eigenvalue weighted by Gasteiger charge is 2.46. The number of likely N-dealkylation sites (tertiary alicyclic amines) is 2. The highest BCUT2D eigenvalue weighted by atomic mass is 32.2. The maximum absolute atomic E-state index is 14.7. The lowest BCUT2D eigenvalue weighted by Crippen LogP contribution is -2.64. The quantitative estimate of drug-likeness (QED) is 0.0165. The summed E-state index contributed by atoms with van der Waals surface area (Å²) in [5.41, 5.74) is 39.8. The Morgan fingerprint density at radius 1 is 0.621 bits per heavy atom. The number of sulfone groups is 1. The minimum atomic E-state index is -4.28. The lowest BCUT2D eigenvalue weighted by molar-refractivity contribution is -0.144. The summed E-state index contributed by atoms with van der Waals surface area (Å²) < 4.78 is 24.7. The normalized spacial score (nSPS) is 17.2. The first-order chi connectivity index (χ1) is 44.6. The Balaban J connectivity index is 1.93. The predicted molar refractivity (Wildman–Crippen MR) is 354 cm³/mol. The van der Waals surface area contributed by atoms with Crippen molar-refractivity contribution >= 4 is 104 Å². The zero-order valence-corrected chi connectivity index (χ0v) is 56.8. The van der Waals surface area contributed by atoms with Crippen LogP contribution in [0.25, 0.3) is 0 Å². The van der Waals surface area contributed by atoms with Crippen LogP contribution >= 0.6 is 11.8 Å². The Labute approximate surface area is 558 Å². The molecule has 0 bridgehead atoms. The van der Waals surface area contributed by atoms with Crippen LogP contribution in [0.4, 0.5) is 0 Å². The van der Waals surface area contributed by atoms with Crippen LogP contribution in [0.5, 0.6) is 0 Å². The molecule has 2 fully saturated rings. The second-order valence-electron chi connectivity index (χ2n) is 24.7. The molecule has 3 rings (SSSR count). The Morgan fingerprint density at radius 3 is 1.65 bits per heavy atom. The molecular weight excluding hydrogens is 1280 g/mol. The van der Waals surface area contributed by atoms with Gasteiger partial charge in [-0.05, 0) is 127 Å². The van der Waals surface area contributed by atoms with Gasteiger partial charge in [0.1, 0.15) is 54.4 Å². The largest absolute Gasteiger partial charge is 0.370 e. The zero-order chi connectivity index (χ0) is 71.3. The van der Waals surface area contributed by atoms with Crippen LogP contribution in [0, 0.1) is 5.92 Å². The summed E-state index contributed by atoms with van der Waals surface area (Å²) in [4.78, 5) is 184. The Morgan fingerprint density at radius 2 is 1.14 bits per heavy atom. The summed E-state index contributed by atoms with van der Waals surface area (Å²) in [5, 5.41) is 20.2. The van der Waals surface area contributed by atoms with E-state index in [0.717, 1.165) is 20.1 Å². The van der Waals surface area contributed by atoms with Gasteiger partial charge in [-0.3, -0.25) is 67.3 Å². The molecule has 2 heterocycles. The smallest absolute Gasteiger partial charge is 0.245 e. The van der Waals surface area contributed by atoms with Crippen molar-refractivity contribution < 1.29 is 70.7 Å². The van der Waals surface area contributed by atoms with Gasteiger partial charge in [-0.1, -0.05) is 44.2 Å². The molecule has 22 N–H and O–H groups in total. The molecule has 0 aromatic heterocycles. The molecule has 13 amide bonds. The van der Waals surface area contributed by atoms with Crippen molar-refractivity contribution in [2.24, 2.45) is 51.0 Å². The number of carbonyl (C=O) groups excluding carboxylic acids is 13. The third-order valence-electron chi connectivity index (χ3n) is 16.3. The minimum Gasteiger partial charge on any atom is -0.370 e. The van der Waals surface area contributed by atoms with Gasteiger partial charge >= 0.3 is 0 Å². The second-order valence-corrected chi connectivity index (χ2v) is 28.3. The van der Waals surface area contributed by atoms with Gasteiger partial charge < -0.3 is 92.5 Å². The van der Waals surface area contributed by atoms with Crippen molar-refractivity contribution in [1.82, 2.24) is 52.3 Å². The van der Waals surface area contributed by atoms with Gasteiger partial charge in [-0.25, -0.2) is 8.42 Å². The summed E-state index contributed by atoms with van der Waals surface area (Å²) in [6, 6.07) is -5.61. The number of hydrogen-bond acceptors (Lipinski definition) is 19. The van der Waals surface area contributed by atoms with E-state index in [1.54, 1.807) is 50.4 Å². The first kappa shape index (κ1) is 81.1. The van der Waals surface area contributed by atoms with Crippen LogP contribution in [0.1, 0.15) is 130 Å². The maximum Gasteiger partial charge on any atom is 0.245 e. The number of nitrogens with one attached hydrogen (secondary N) is 8. The van der Waals surface area contributed by atoms with E-state index in [-0.39, 0.29) is 83.0 Å². The number of unbranched alkanes of at least 4 members (excludes halogenated alkanes) is 1. The van der Waals surface area contributed by atoms with Crippen LogP contribution in [0.15, 0.2) is 35.3 Å². The summed E-state index contributed by atoms with van der Waals surface area (Å²) in [6.07, 6.45) is 3.34. The number of nitrogens with two attached hydrogens (primary N) is 7. The van der Waals surface area contributed by atoms with Gasteiger partial charge in [-0.2, -0.15) is 11.8 Å². The molecule has 1 aromatic rings. The molecule has 2 saturated heterocycles. The number of nitrogens with zero attached hydrogens (tertiary/aromatic N) is 3. The molecule has 35 heteroatoms. The van der Waals surface area contributed by atoms with Crippen molar-refractivity contribution in [2.45, 2.75) is 196 Å². The molecule has 532 valence electrons. The number of thioether (sulfide) groups is 1. The van der Waals surface area contributed by atoms with E-state index in [1.807, 2.05) is 0 Å². The highest BCUT2D eigenvalue weighted by molar-refractivity contribution is 7.98. The van der Waals surface area contributed by atoms with Crippen molar-refractivity contribution in [3.8, 4) is 0 Å². The fourth-order valence-electron chi connectivity index (χ4n) is 10.7. The zero-order valence-electron chi connectivity index (χ0n) is 55.1. The fraction of sp³-hybridized carbons (Fsp3) is 0.667. The molecule has 1 aromatic carbocycles. The molecule has 0 spiro atoms. The first-order valence-corrected chi connectivity index (χ1v) is 35.0. The van der Waals surface area contributed by atoms with Crippen molar-refractivity contribution in [3.63, 3.8) is 0 Å². The number of amides is 13. The number of carbonyl (C=O) groups is 13. The Bertz CT molecular complexity index is 2990. The molecule has 0 radical (unpaired) electrons. The van der Waals surface area contributed by atoms with E-state index >= 15 is 0 Å². The van der Waals surface area contributed by atoms with Crippen LogP contribution < -0.4 is 82.7 Å². The number of benzene rings is 1. The third-order valence-corrected chi connectivity index (χ3v) is 19.1. The topological polar surface area (TPSA) is 553 Å². The first-order valence-electron chi connectivity index (χ1n) is 31.7. The standard InChI is InChI=1S/C60H100N18O15S2/c1-34(2)31-41(52(85)71-37(49(65)82)25-30-94-5)70-47(81)33-69-56(89)48(60(3,4)95(6,92)93)76-53(86)42(32-35-15-8-7-9-16-35)75-51(84)38(21-23-45(63)79)72-50(83)39(22-24-46(64)80)73-54(87)44-20-14-29-78(44)58(91)40(18-10-11-26-61)74-55(88)43-19-13-28-77(43)57(90)36(62)17-12-27-68-59(66)67/h7-9,15-16,34,36-44,48H,10-14,17-33,61-62H2,1-6H3,(H2,63,79)(H2,64,80)(H2,65,82)(H,69,89)(H,70,81)(H,71,85)(H,72,83)(H,73,87)(H,74,88)(H,75,84)(H,76,86)(H4,66,67,68)/t36-,37-,38-,39-,40-,41-,42-,43-,44+,48+/m0/s1. The van der Waals surface area contributed by atoms with Crippen LogP contribution in [-0.2, 0) is 78.6 Å². The molecule has 95 heavy (non-hydrogen) atoms. The predicted octanol–water partition coefficient (Wildman–Crippen LogP) is -5.13. The van der Waals surface area contributed by atoms with Gasteiger partial charge in [0.2, 0.25) is 76.8 Å². The van der Waals surface area contributed by atoms with E-state index in [2.05, 4.69) is 47.5 Å². The number of guanidine groups is 1. The van der Waals surface area contributed by atoms with E-state index in [9.17, 15) is 70.7 Å². The van der Waals surface area contributed by atoms with E-state index in [1.165, 1.54) is 21.6 Å². The average molecular weight is 1380 g/mol. The minimum absolute atomic E-state index is 0.0453. The van der Waals surface area contributed by atoms with Crippen molar-refractivity contribution in [2.75, 3.05) is 51.0 Å². The lowest BCUT2D eigenvalue weighted by Gasteiger charge is -2.33. The monoisotopic (exact) mass is 1380 g/mol. The number of rotatable bonds is 42. The summed E-state index contributed by atoms with van der Waals surface area (Å²) in [7, 11) is -4.28. The molecule has 0 unspecified atom stereocenters.